The van der Waals surface area contributed by atoms with Crippen LogP contribution in [0.1, 0.15) is 11.1 Å². The van der Waals surface area contributed by atoms with Crippen LogP contribution in [-0.4, -0.2) is 36.1 Å². The number of carbonyl (C=O) groups excluding carboxylic acids is 1. The molecule has 0 atom stereocenters. The second-order valence-electron chi connectivity index (χ2n) is 6.34. The maximum atomic E-state index is 12.5. The first-order valence-corrected chi connectivity index (χ1v) is 9.27. The average Bonchev–Trinajstić information content (AvgIpc) is 3.27. The van der Waals surface area contributed by atoms with Crippen molar-refractivity contribution in [2.24, 2.45) is 0 Å². The van der Waals surface area contributed by atoms with Crippen LogP contribution in [-0.2, 0) is 13.0 Å². The monoisotopic (exact) mass is 416 g/mol. The molecule has 1 heterocycles. The SMILES string of the molecule is COc1ccc(CCNC(=O)NCc2cccc(-n3cccn3)c2)cc1OC(F)F. The highest BCUT2D eigenvalue weighted by Gasteiger charge is 2.11. The van der Waals surface area contributed by atoms with Gasteiger partial charge < -0.3 is 20.1 Å². The van der Waals surface area contributed by atoms with E-state index in [0.717, 1.165) is 16.8 Å². The minimum atomic E-state index is -2.94. The van der Waals surface area contributed by atoms with E-state index in [-0.39, 0.29) is 17.5 Å². The zero-order valence-corrected chi connectivity index (χ0v) is 16.3. The maximum Gasteiger partial charge on any atom is 0.387 e. The Hall–Kier alpha value is -3.62. The van der Waals surface area contributed by atoms with Crippen LogP contribution in [0.25, 0.3) is 5.69 Å². The molecule has 2 N–H and O–H groups in total. The van der Waals surface area contributed by atoms with Gasteiger partial charge in [-0.1, -0.05) is 18.2 Å². The van der Waals surface area contributed by atoms with Crippen LogP contribution >= 0.6 is 0 Å². The van der Waals surface area contributed by atoms with Crippen molar-refractivity contribution >= 4 is 6.03 Å². The lowest BCUT2D eigenvalue weighted by molar-refractivity contribution is -0.0512. The Morgan fingerprint density at radius 1 is 1.10 bits per heavy atom. The highest BCUT2D eigenvalue weighted by molar-refractivity contribution is 5.73. The molecule has 0 radical (unpaired) electrons. The van der Waals surface area contributed by atoms with E-state index in [4.69, 9.17) is 4.74 Å². The summed E-state index contributed by atoms with van der Waals surface area (Å²) in [4.78, 5) is 12.0. The lowest BCUT2D eigenvalue weighted by atomic mass is 10.1. The molecule has 0 unspecified atom stereocenters. The van der Waals surface area contributed by atoms with Gasteiger partial charge in [-0.05, 0) is 47.9 Å². The van der Waals surface area contributed by atoms with E-state index < -0.39 is 6.61 Å². The van der Waals surface area contributed by atoms with Crippen LogP contribution in [0.5, 0.6) is 11.5 Å². The zero-order valence-electron chi connectivity index (χ0n) is 16.3. The Morgan fingerprint density at radius 3 is 2.70 bits per heavy atom. The lowest BCUT2D eigenvalue weighted by Gasteiger charge is -2.12. The molecule has 30 heavy (non-hydrogen) atoms. The normalized spacial score (nSPS) is 10.7. The highest BCUT2D eigenvalue weighted by Crippen LogP contribution is 2.29. The van der Waals surface area contributed by atoms with Gasteiger partial charge in [-0.15, -0.1) is 0 Å². The third kappa shape index (κ3) is 5.94. The number of methoxy groups -OCH3 is 1. The molecule has 0 fully saturated rings. The number of rotatable bonds is 9. The molecule has 9 heteroatoms. The van der Waals surface area contributed by atoms with E-state index in [1.807, 2.05) is 36.5 Å². The predicted octanol–water partition coefficient (Wildman–Crippen LogP) is 3.52. The minimum absolute atomic E-state index is 0.0356. The van der Waals surface area contributed by atoms with Gasteiger partial charge in [0.25, 0.3) is 0 Å². The van der Waals surface area contributed by atoms with Gasteiger partial charge in [0.1, 0.15) is 0 Å². The quantitative estimate of drug-likeness (QED) is 0.560. The lowest BCUT2D eigenvalue weighted by Crippen LogP contribution is -2.36. The molecule has 3 rings (SSSR count). The summed E-state index contributed by atoms with van der Waals surface area (Å²) in [6.07, 6.45) is 3.99. The molecule has 0 bridgehead atoms. The molecule has 7 nitrogen and oxygen atoms in total. The van der Waals surface area contributed by atoms with E-state index >= 15 is 0 Å². The Kier molecular flexibility index (Phi) is 7.20. The van der Waals surface area contributed by atoms with Gasteiger partial charge in [-0.2, -0.15) is 13.9 Å². The number of hydrogen-bond donors (Lipinski definition) is 2. The third-order valence-corrected chi connectivity index (χ3v) is 4.28. The van der Waals surface area contributed by atoms with Crippen LogP contribution < -0.4 is 20.1 Å². The van der Waals surface area contributed by atoms with Crippen molar-refractivity contribution < 1.29 is 23.0 Å². The van der Waals surface area contributed by atoms with Crippen molar-refractivity contribution in [2.75, 3.05) is 13.7 Å². The van der Waals surface area contributed by atoms with Gasteiger partial charge in [-0.25, -0.2) is 9.48 Å². The fraction of sp³-hybridized carbons (Fsp3) is 0.238. The smallest absolute Gasteiger partial charge is 0.387 e. The van der Waals surface area contributed by atoms with E-state index in [9.17, 15) is 13.6 Å². The predicted molar refractivity (Wildman–Crippen MR) is 107 cm³/mol. The first-order chi connectivity index (χ1) is 14.5. The van der Waals surface area contributed by atoms with Crippen molar-refractivity contribution in [3.63, 3.8) is 0 Å². The topological polar surface area (TPSA) is 77.4 Å². The van der Waals surface area contributed by atoms with E-state index in [1.54, 1.807) is 23.0 Å². The largest absolute Gasteiger partial charge is 0.493 e. The van der Waals surface area contributed by atoms with Crippen LogP contribution in [0.3, 0.4) is 0 Å². The van der Waals surface area contributed by atoms with Crippen molar-refractivity contribution in [1.82, 2.24) is 20.4 Å². The zero-order chi connectivity index (χ0) is 21.3. The maximum absolute atomic E-state index is 12.5. The number of urea groups is 1. The highest BCUT2D eigenvalue weighted by atomic mass is 19.3. The van der Waals surface area contributed by atoms with E-state index in [0.29, 0.717) is 19.5 Å². The summed E-state index contributed by atoms with van der Waals surface area (Å²) >= 11 is 0. The third-order valence-electron chi connectivity index (χ3n) is 4.28. The number of ether oxygens (including phenoxy) is 2. The van der Waals surface area contributed by atoms with E-state index in [1.165, 1.54) is 13.2 Å². The Morgan fingerprint density at radius 2 is 1.97 bits per heavy atom. The number of carbonyl (C=O) groups is 1. The molecule has 0 aliphatic rings. The van der Waals surface area contributed by atoms with Crippen LogP contribution in [0.4, 0.5) is 13.6 Å². The van der Waals surface area contributed by atoms with Crippen molar-refractivity contribution in [3.05, 3.63) is 72.1 Å². The van der Waals surface area contributed by atoms with Crippen molar-refractivity contribution in [1.29, 1.82) is 0 Å². The molecule has 2 amide bonds. The number of benzene rings is 2. The molecule has 0 saturated carbocycles. The van der Waals surface area contributed by atoms with Gasteiger partial charge in [-0.3, -0.25) is 0 Å². The number of hydrogen-bond acceptors (Lipinski definition) is 4. The number of halogens is 2. The van der Waals surface area contributed by atoms with E-state index in [2.05, 4.69) is 20.5 Å². The van der Waals surface area contributed by atoms with Gasteiger partial charge in [0.05, 0.1) is 12.8 Å². The van der Waals surface area contributed by atoms with Gasteiger partial charge >= 0.3 is 12.6 Å². The van der Waals surface area contributed by atoms with Crippen molar-refractivity contribution in [2.45, 2.75) is 19.6 Å². The number of aromatic nitrogens is 2. The number of nitrogens with zero attached hydrogens (tertiary/aromatic N) is 2. The number of nitrogens with one attached hydrogen (secondary N) is 2. The summed E-state index contributed by atoms with van der Waals surface area (Å²) in [6.45, 7) is -2.25. The summed E-state index contributed by atoms with van der Waals surface area (Å²) in [7, 11) is 1.38. The first-order valence-electron chi connectivity index (χ1n) is 9.27. The Labute approximate surface area is 172 Å². The molecule has 0 saturated heterocycles. The number of alkyl halides is 2. The molecule has 0 aliphatic heterocycles. The molecular weight excluding hydrogens is 394 g/mol. The fourth-order valence-electron chi connectivity index (χ4n) is 2.86. The second-order valence-corrected chi connectivity index (χ2v) is 6.34. The molecule has 0 spiro atoms. The van der Waals surface area contributed by atoms with Gasteiger partial charge in [0.2, 0.25) is 0 Å². The first kappa shape index (κ1) is 21.1. The second kappa shape index (κ2) is 10.2. The fourth-order valence-corrected chi connectivity index (χ4v) is 2.86. The summed E-state index contributed by atoms with van der Waals surface area (Å²) in [5.74, 6) is 0.189. The summed E-state index contributed by atoms with van der Waals surface area (Å²) < 4.78 is 36.2. The standard InChI is InChI=1S/C21H22F2N4O3/c1-29-18-7-6-15(13-19(18)30-20(22)23)8-10-24-21(28)25-14-16-4-2-5-17(12-16)27-11-3-9-26-27/h2-7,9,11-13,20H,8,10,14H2,1H3,(H2,24,25,28). The van der Waals surface area contributed by atoms with Crippen LogP contribution in [0.15, 0.2) is 60.9 Å². The average molecular weight is 416 g/mol. The van der Waals surface area contributed by atoms with Gasteiger partial charge in [0.15, 0.2) is 11.5 Å². The molecule has 1 aromatic heterocycles. The Balaban J connectivity index is 1.47. The summed E-state index contributed by atoms with van der Waals surface area (Å²) in [5.41, 5.74) is 2.57. The minimum Gasteiger partial charge on any atom is -0.493 e. The molecule has 2 aromatic carbocycles. The number of amides is 2. The van der Waals surface area contributed by atoms with Gasteiger partial charge in [0, 0.05) is 25.5 Å². The summed E-state index contributed by atoms with van der Waals surface area (Å²) in [5, 5.41) is 9.72. The molecule has 3 aromatic rings. The van der Waals surface area contributed by atoms with Crippen molar-refractivity contribution in [3.8, 4) is 17.2 Å². The van der Waals surface area contributed by atoms with Crippen LogP contribution in [0, 0.1) is 0 Å². The molecule has 158 valence electrons. The van der Waals surface area contributed by atoms with Crippen LogP contribution in [0.2, 0.25) is 0 Å². The molecular formula is C21H22F2N4O3. The summed E-state index contributed by atoms with van der Waals surface area (Å²) in [6, 6.07) is 14.0. The Bertz CT molecular complexity index is 965. The molecule has 0 aliphatic carbocycles.